The maximum atomic E-state index is 13.0. The van der Waals surface area contributed by atoms with Crippen LogP contribution in [0.2, 0.25) is 0 Å². The first kappa shape index (κ1) is 25.4. The number of fused-ring (bicyclic) bond motifs is 1. The lowest BCUT2D eigenvalue weighted by molar-refractivity contribution is -0.142. The van der Waals surface area contributed by atoms with Crippen LogP contribution in [0.4, 0.5) is 0 Å². The van der Waals surface area contributed by atoms with E-state index in [9.17, 15) is 24.3 Å². The number of amides is 3. The molecule has 3 rings (SSSR count). The summed E-state index contributed by atoms with van der Waals surface area (Å²) in [6.07, 6.45) is 1.70. The van der Waals surface area contributed by atoms with Gasteiger partial charge < -0.3 is 32.2 Å². The van der Waals surface area contributed by atoms with E-state index in [0.29, 0.717) is 0 Å². The highest BCUT2D eigenvalue weighted by Crippen LogP contribution is 2.19. The summed E-state index contributed by atoms with van der Waals surface area (Å²) in [5, 5.41) is 15.6. The zero-order valence-electron chi connectivity index (χ0n) is 19.1. The van der Waals surface area contributed by atoms with Crippen LogP contribution in [0.1, 0.15) is 24.0 Å². The van der Waals surface area contributed by atoms with Crippen LogP contribution >= 0.6 is 0 Å². The number of H-pyrrole nitrogens is 1. The van der Waals surface area contributed by atoms with E-state index in [4.69, 9.17) is 11.5 Å². The summed E-state index contributed by atoms with van der Waals surface area (Å²) in [6, 6.07) is 13.2. The lowest BCUT2D eigenvalue weighted by atomic mass is 10.0. The van der Waals surface area contributed by atoms with Crippen LogP contribution in [-0.2, 0) is 32.0 Å². The summed E-state index contributed by atoms with van der Waals surface area (Å²) in [7, 11) is 0. The maximum absolute atomic E-state index is 13.0. The molecule has 0 aliphatic carbocycles. The van der Waals surface area contributed by atoms with Crippen LogP contribution in [0, 0.1) is 0 Å². The van der Waals surface area contributed by atoms with Gasteiger partial charge in [-0.15, -0.1) is 0 Å². The first-order valence-electron chi connectivity index (χ1n) is 11.2. The number of carboxylic acid groups (broad SMARTS) is 1. The first-order chi connectivity index (χ1) is 16.7. The number of aromatic nitrogens is 1. The first-order valence-corrected chi connectivity index (χ1v) is 11.2. The Kier molecular flexibility index (Phi) is 8.58. The minimum absolute atomic E-state index is 0.0229. The SMILES string of the molecule is NC(=O)CC[C@H](NC(=O)[C@@H](N)Cc1ccccc1)C(=O)N[C@@H](Cc1c[nH]c2ccccc12)C(=O)O. The quantitative estimate of drug-likeness (QED) is 0.221. The van der Waals surface area contributed by atoms with Gasteiger partial charge in [-0.3, -0.25) is 14.4 Å². The second-order valence-corrected chi connectivity index (χ2v) is 8.33. The minimum Gasteiger partial charge on any atom is -0.480 e. The average Bonchev–Trinajstić information content (AvgIpc) is 3.24. The van der Waals surface area contributed by atoms with Crippen molar-refractivity contribution < 1.29 is 24.3 Å². The molecule has 35 heavy (non-hydrogen) atoms. The molecule has 8 N–H and O–H groups in total. The van der Waals surface area contributed by atoms with E-state index in [1.807, 2.05) is 54.6 Å². The molecule has 3 aromatic rings. The van der Waals surface area contributed by atoms with Crippen molar-refractivity contribution in [1.82, 2.24) is 15.6 Å². The third kappa shape index (κ3) is 7.15. The van der Waals surface area contributed by atoms with Crippen LogP contribution in [0.5, 0.6) is 0 Å². The molecule has 0 fully saturated rings. The standard InChI is InChI=1S/C25H29N5O5/c26-18(12-15-6-2-1-3-7-15)23(32)29-20(10-11-22(27)31)24(33)30-21(25(34)35)13-16-14-28-19-9-5-4-8-17(16)19/h1-9,14,18,20-21,28H,10-13,26H2,(H2,27,31)(H,29,32)(H,30,33)(H,34,35)/t18-,20-,21-/m0/s1. The number of carbonyl (C=O) groups is 4. The number of rotatable bonds is 12. The Morgan fingerprint density at radius 3 is 2.23 bits per heavy atom. The monoisotopic (exact) mass is 479 g/mol. The molecule has 1 heterocycles. The highest BCUT2D eigenvalue weighted by atomic mass is 16.4. The maximum Gasteiger partial charge on any atom is 0.326 e. The molecule has 0 unspecified atom stereocenters. The van der Waals surface area contributed by atoms with Gasteiger partial charge in [0.2, 0.25) is 17.7 Å². The molecule has 0 radical (unpaired) electrons. The third-order valence-corrected chi connectivity index (χ3v) is 5.66. The van der Waals surface area contributed by atoms with Crippen molar-refractivity contribution >= 4 is 34.6 Å². The summed E-state index contributed by atoms with van der Waals surface area (Å²) in [5.41, 5.74) is 13.6. The van der Waals surface area contributed by atoms with Crippen LogP contribution in [0.3, 0.4) is 0 Å². The van der Waals surface area contributed by atoms with Gasteiger partial charge in [-0.1, -0.05) is 48.5 Å². The molecule has 10 heteroatoms. The van der Waals surface area contributed by atoms with Crippen LogP contribution < -0.4 is 22.1 Å². The Bertz CT molecular complexity index is 1190. The number of nitrogens with two attached hydrogens (primary N) is 2. The van der Waals surface area contributed by atoms with Gasteiger partial charge in [0.1, 0.15) is 12.1 Å². The molecule has 0 saturated carbocycles. The van der Waals surface area contributed by atoms with Crippen LogP contribution in [-0.4, -0.2) is 51.9 Å². The molecule has 3 atom stereocenters. The number of primary amides is 1. The number of aromatic amines is 1. The zero-order chi connectivity index (χ0) is 25.4. The van der Waals surface area contributed by atoms with Gasteiger partial charge in [-0.2, -0.15) is 0 Å². The number of hydrogen-bond acceptors (Lipinski definition) is 5. The molecule has 0 aliphatic rings. The molecule has 0 spiro atoms. The summed E-state index contributed by atoms with van der Waals surface area (Å²) in [4.78, 5) is 52.0. The highest BCUT2D eigenvalue weighted by molar-refractivity contribution is 5.92. The summed E-state index contributed by atoms with van der Waals surface area (Å²) < 4.78 is 0. The minimum atomic E-state index is -1.26. The number of aliphatic carboxylic acids is 1. The van der Waals surface area contributed by atoms with E-state index in [0.717, 1.165) is 22.0 Å². The van der Waals surface area contributed by atoms with Gasteiger partial charge in [0.15, 0.2) is 0 Å². The van der Waals surface area contributed by atoms with E-state index >= 15 is 0 Å². The highest BCUT2D eigenvalue weighted by Gasteiger charge is 2.29. The number of carboxylic acids is 1. The van der Waals surface area contributed by atoms with E-state index in [2.05, 4.69) is 15.6 Å². The molecule has 0 saturated heterocycles. The summed E-state index contributed by atoms with van der Waals surface area (Å²) >= 11 is 0. The molecule has 3 amide bonds. The van der Waals surface area contributed by atoms with Gasteiger partial charge in [0, 0.05) is 29.9 Å². The van der Waals surface area contributed by atoms with Crippen LogP contribution in [0.15, 0.2) is 60.8 Å². The molecule has 0 bridgehead atoms. The molecular weight excluding hydrogens is 450 g/mol. The Labute approximate surface area is 202 Å². The number of benzene rings is 2. The Balaban J connectivity index is 1.69. The van der Waals surface area contributed by atoms with Crippen molar-refractivity contribution in [3.63, 3.8) is 0 Å². The molecular formula is C25H29N5O5. The van der Waals surface area contributed by atoms with E-state index in [-0.39, 0.29) is 25.7 Å². The fraction of sp³-hybridized carbons (Fsp3) is 0.280. The van der Waals surface area contributed by atoms with Gasteiger partial charge >= 0.3 is 5.97 Å². The number of nitrogens with one attached hydrogen (secondary N) is 3. The Morgan fingerprint density at radius 2 is 1.54 bits per heavy atom. The van der Waals surface area contributed by atoms with Crippen molar-refractivity contribution in [3.8, 4) is 0 Å². The van der Waals surface area contributed by atoms with Crippen molar-refractivity contribution in [2.45, 2.75) is 43.8 Å². The van der Waals surface area contributed by atoms with Crippen molar-refractivity contribution in [3.05, 3.63) is 71.9 Å². The molecule has 184 valence electrons. The second kappa shape index (κ2) is 11.8. The van der Waals surface area contributed by atoms with E-state index in [1.165, 1.54) is 0 Å². The third-order valence-electron chi connectivity index (χ3n) is 5.66. The van der Waals surface area contributed by atoms with Crippen molar-refractivity contribution in [1.29, 1.82) is 0 Å². The van der Waals surface area contributed by atoms with Gasteiger partial charge in [-0.05, 0) is 30.0 Å². The molecule has 0 aliphatic heterocycles. The number of hydrogen-bond donors (Lipinski definition) is 6. The summed E-state index contributed by atoms with van der Waals surface area (Å²) in [6.45, 7) is 0. The second-order valence-electron chi connectivity index (χ2n) is 8.33. The topological polar surface area (TPSA) is 180 Å². The lowest BCUT2D eigenvalue weighted by Gasteiger charge is -2.22. The van der Waals surface area contributed by atoms with E-state index < -0.39 is 41.8 Å². The molecule has 1 aromatic heterocycles. The summed E-state index contributed by atoms with van der Waals surface area (Å²) in [5.74, 6) is -3.22. The predicted octanol–water partition coefficient (Wildman–Crippen LogP) is 0.600. The largest absolute Gasteiger partial charge is 0.480 e. The number of para-hydroxylation sites is 1. The van der Waals surface area contributed by atoms with Crippen molar-refractivity contribution in [2.24, 2.45) is 11.5 Å². The number of carbonyl (C=O) groups excluding carboxylic acids is 3. The predicted molar refractivity (Wildman–Crippen MR) is 130 cm³/mol. The van der Waals surface area contributed by atoms with E-state index in [1.54, 1.807) is 6.20 Å². The zero-order valence-corrected chi connectivity index (χ0v) is 19.1. The Morgan fingerprint density at radius 1 is 0.886 bits per heavy atom. The normalized spacial score (nSPS) is 13.5. The average molecular weight is 480 g/mol. The molecule has 10 nitrogen and oxygen atoms in total. The lowest BCUT2D eigenvalue weighted by Crippen LogP contribution is -2.55. The fourth-order valence-electron chi connectivity index (χ4n) is 3.79. The fourth-order valence-corrected chi connectivity index (χ4v) is 3.79. The van der Waals surface area contributed by atoms with Gasteiger partial charge in [-0.25, -0.2) is 4.79 Å². The van der Waals surface area contributed by atoms with Crippen molar-refractivity contribution in [2.75, 3.05) is 0 Å². The van der Waals surface area contributed by atoms with Gasteiger partial charge in [0.25, 0.3) is 0 Å². The Hall–Kier alpha value is -4.18. The van der Waals surface area contributed by atoms with Gasteiger partial charge in [0.05, 0.1) is 6.04 Å². The van der Waals surface area contributed by atoms with Crippen LogP contribution in [0.25, 0.3) is 10.9 Å². The molecule has 2 aromatic carbocycles. The smallest absolute Gasteiger partial charge is 0.326 e.